The van der Waals surface area contributed by atoms with Crippen LogP contribution in [0.2, 0.25) is 5.02 Å². The molecule has 0 aliphatic heterocycles. The summed E-state index contributed by atoms with van der Waals surface area (Å²) in [4.78, 5) is 18.5. The number of nitrogens with one attached hydrogen (secondary N) is 1. The van der Waals surface area contributed by atoms with Gasteiger partial charge in [0.1, 0.15) is 5.69 Å². The number of alkyl halides is 3. The molecule has 1 fully saturated rings. The second-order valence-electron chi connectivity index (χ2n) is 7.67. The van der Waals surface area contributed by atoms with Crippen molar-refractivity contribution in [1.82, 2.24) is 19.7 Å². The monoisotopic (exact) mass is 465 g/mol. The maximum absolute atomic E-state index is 12.9. The molecule has 1 aromatic carbocycles. The van der Waals surface area contributed by atoms with Crippen LogP contribution >= 0.6 is 11.6 Å². The number of anilines is 2. The minimum Gasteiger partial charge on any atom is -0.481 e. The fraction of sp³-hybridized carbons (Fsp3) is 0.333. The molecule has 2 aromatic heterocycles. The minimum atomic E-state index is -4.57. The second-order valence-corrected chi connectivity index (χ2v) is 8.11. The average Bonchev–Trinajstić information content (AvgIpc) is 3.23. The molecular weight excluding hydrogens is 447 g/mol. The van der Waals surface area contributed by atoms with Gasteiger partial charge in [-0.05, 0) is 55.5 Å². The molecule has 0 radical (unpaired) electrons. The highest BCUT2D eigenvalue weighted by Gasteiger charge is 2.33. The van der Waals surface area contributed by atoms with Crippen molar-refractivity contribution in [2.75, 3.05) is 5.32 Å². The standard InChI is InChI=1S/C21H19ClF3N5O2/c22-15-7-13(8-16(9-15)28-20-26-6-5-18(29-20)21(23,24)25)14-10-27-30(11-14)17-3-1-12(2-4-17)19(31)32/h5-12,17H,1-4H2,(H,31,32)(H,26,28,29). The SMILES string of the molecule is O=C(O)C1CCC(n2cc(-c3cc(Cl)cc(Nc4nccc(C(F)(F)F)n4)c3)cn2)CC1. The van der Waals surface area contributed by atoms with Gasteiger partial charge in [-0.2, -0.15) is 18.3 Å². The first-order chi connectivity index (χ1) is 15.2. The third-order valence-electron chi connectivity index (χ3n) is 5.45. The fourth-order valence-corrected chi connectivity index (χ4v) is 4.04. The van der Waals surface area contributed by atoms with Gasteiger partial charge in [0.15, 0.2) is 0 Å². The van der Waals surface area contributed by atoms with Crippen molar-refractivity contribution in [3.8, 4) is 11.1 Å². The number of carboxylic acid groups (broad SMARTS) is 1. The van der Waals surface area contributed by atoms with E-state index in [1.54, 1.807) is 24.4 Å². The first-order valence-electron chi connectivity index (χ1n) is 9.94. The molecule has 1 aliphatic rings. The lowest BCUT2D eigenvalue weighted by atomic mass is 9.86. The molecule has 4 rings (SSSR count). The summed E-state index contributed by atoms with van der Waals surface area (Å²) in [5.74, 6) is -1.26. The van der Waals surface area contributed by atoms with E-state index >= 15 is 0 Å². The van der Waals surface area contributed by atoms with E-state index in [0.29, 0.717) is 23.6 Å². The summed E-state index contributed by atoms with van der Waals surface area (Å²) in [7, 11) is 0. The van der Waals surface area contributed by atoms with Gasteiger partial charge < -0.3 is 10.4 Å². The normalized spacial score (nSPS) is 19.0. The Morgan fingerprint density at radius 2 is 1.91 bits per heavy atom. The number of carboxylic acids is 1. The maximum atomic E-state index is 12.9. The highest BCUT2D eigenvalue weighted by molar-refractivity contribution is 6.31. The molecule has 0 amide bonds. The lowest BCUT2D eigenvalue weighted by Gasteiger charge is -2.26. The molecule has 2 heterocycles. The van der Waals surface area contributed by atoms with Crippen molar-refractivity contribution in [1.29, 1.82) is 0 Å². The first-order valence-corrected chi connectivity index (χ1v) is 10.3. The Hall–Kier alpha value is -3.14. The summed E-state index contributed by atoms with van der Waals surface area (Å²) in [6.07, 6.45) is 2.68. The van der Waals surface area contributed by atoms with Crippen molar-refractivity contribution in [3.63, 3.8) is 0 Å². The van der Waals surface area contributed by atoms with Crippen LogP contribution in [0.3, 0.4) is 0 Å². The van der Waals surface area contributed by atoms with Gasteiger partial charge in [-0.15, -0.1) is 0 Å². The van der Waals surface area contributed by atoms with Gasteiger partial charge in [-0.1, -0.05) is 11.6 Å². The Labute approximate surface area is 186 Å². The molecule has 0 bridgehead atoms. The number of carbonyl (C=O) groups is 1. The van der Waals surface area contributed by atoms with Crippen LogP contribution in [0.25, 0.3) is 11.1 Å². The molecule has 32 heavy (non-hydrogen) atoms. The Morgan fingerprint density at radius 1 is 1.16 bits per heavy atom. The highest BCUT2D eigenvalue weighted by Crippen LogP contribution is 2.34. The number of aromatic nitrogens is 4. The zero-order valence-electron chi connectivity index (χ0n) is 16.7. The Balaban J connectivity index is 1.52. The smallest absolute Gasteiger partial charge is 0.433 e. The van der Waals surface area contributed by atoms with Crippen LogP contribution in [-0.4, -0.2) is 30.8 Å². The fourth-order valence-electron chi connectivity index (χ4n) is 3.81. The van der Waals surface area contributed by atoms with E-state index in [0.717, 1.165) is 36.2 Å². The third-order valence-corrected chi connectivity index (χ3v) is 5.67. The number of aliphatic carboxylic acids is 1. The quantitative estimate of drug-likeness (QED) is 0.511. The minimum absolute atomic E-state index is 0.120. The summed E-state index contributed by atoms with van der Waals surface area (Å²) in [6.45, 7) is 0. The number of rotatable bonds is 5. The molecule has 3 aromatic rings. The van der Waals surface area contributed by atoms with E-state index < -0.39 is 17.8 Å². The molecule has 2 N–H and O–H groups in total. The molecule has 0 spiro atoms. The molecule has 1 aliphatic carbocycles. The Kier molecular flexibility index (Phi) is 6.05. The van der Waals surface area contributed by atoms with E-state index in [-0.39, 0.29) is 17.9 Å². The summed E-state index contributed by atoms with van der Waals surface area (Å²) >= 11 is 6.23. The number of hydrogen-bond donors (Lipinski definition) is 2. The average molecular weight is 466 g/mol. The van der Waals surface area contributed by atoms with Gasteiger partial charge in [0.2, 0.25) is 5.95 Å². The lowest BCUT2D eigenvalue weighted by molar-refractivity contribution is -0.143. The number of halogens is 4. The predicted octanol–water partition coefficient (Wildman–Crippen LogP) is 5.57. The van der Waals surface area contributed by atoms with Gasteiger partial charge >= 0.3 is 12.1 Å². The van der Waals surface area contributed by atoms with E-state index in [1.165, 1.54) is 0 Å². The van der Waals surface area contributed by atoms with Gasteiger partial charge in [0.25, 0.3) is 0 Å². The largest absolute Gasteiger partial charge is 0.481 e. The van der Waals surface area contributed by atoms with Crippen LogP contribution in [0.4, 0.5) is 24.8 Å². The van der Waals surface area contributed by atoms with Crippen LogP contribution < -0.4 is 5.32 Å². The van der Waals surface area contributed by atoms with Crippen molar-refractivity contribution in [2.45, 2.75) is 37.9 Å². The lowest BCUT2D eigenvalue weighted by Crippen LogP contribution is -2.23. The van der Waals surface area contributed by atoms with E-state index in [9.17, 15) is 18.0 Å². The first kappa shape index (κ1) is 22.1. The third kappa shape index (κ3) is 5.01. The van der Waals surface area contributed by atoms with E-state index in [1.807, 2.05) is 10.9 Å². The summed E-state index contributed by atoms with van der Waals surface area (Å²) in [5.41, 5.74) is 0.885. The molecule has 0 atom stereocenters. The molecule has 168 valence electrons. The van der Waals surface area contributed by atoms with Crippen LogP contribution in [0, 0.1) is 5.92 Å². The summed E-state index contributed by atoms with van der Waals surface area (Å²) < 4.78 is 40.5. The second kappa shape index (κ2) is 8.78. The van der Waals surface area contributed by atoms with Crippen molar-refractivity contribution in [3.05, 3.63) is 53.6 Å². The van der Waals surface area contributed by atoms with E-state index in [2.05, 4.69) is 20.4 Å². The number of benzene rings is 1. The Morgan fingerprint density at radius 3 is 2.59 bits per heavy atom. The number of hydrogen-bond acceptors (Lipinski definition) is 5. The van der Waals surface area contributed by atoms with Crippen LogP contribution in [0.1, 0.15) is 37.4 Å². The molecule has 1 saturated carbocycles. The molecular formula is C21H19ClF3N5O2. The molecule has 7 nitrogen and oxygen atoms in total. The van der Waals surface area contributed by atoms with E-state index in [4.69, 9.17) is 16.7 Å². The van der Waals surface area contributed by atoms with Crippen LogP contribution in [0.5, 0.6) is 0 Å². The molecule has 0 unspecified atom stereocenters. The molecule has 0 saturated heterocycles. The Bertz CT molecular complexity index is 1130. The van der Waals surface area contributed by atoms with Crippen molar-refractivity contribution >= 4 is 29.2 Å². The van der Waals surface area contributed by atoms with Crippen molar-refractivity contribution in [2.24, 2.45) is 5.92 Å². The zero-order valence-corrected chi connectivity index (χ0v) is 17.4. The maximum Gasteiger partial charge on any atom is 0.433 e. The van der Waals surface area contributed by atoms with Gasteiger partial charge in [-0.3, -0.25) is 9.48 Å². The highest BCUT2D eigenvalue weighted by atomic mass is 35.5. The van der Waals surface area contributed by atoms with Gasteiger partial charge in [0.05, 0.1) is 18.2 Å². The predicted molar refractivity (Wildman–Crippen MR) is 112 cm³/mol. The molecule has 11 heteroatoms. The summed E-state index contributed by atoms with van der Waals surface area (Å²) in [5, 5.41) is 16.7. The topological polar surface area (TPSA) is 92.9 Å². The van der Waals surface area contributed by atoms with Crippen molar-refractivity contribution < 1.29 is 23.1 Å². The van der Waals surface area contributed by atoms with Gasteiger partial charge in [0, 0.05) is 28.7 Å². The van der Waals surface area contributed by atoms with Crippen LogP contribution in [-0.2, 0) is 11.0 Å². The number of nitrogens with zero attached hydrogens (tertiary/aromatic N) is 4. The zero-order chi connectivity index (χ0) is 22.9. The van der Waals surface area contributed by atoms with Crippen LogP contribution in [0.15, 0.2) is 42.9 Å². The van der Waals surface area contributed by atoms with Gasteiger partial charge in [-0.25, -0.2) is 9.97 Å². The summed E-state index contributed by atoms with van der Waals surface area (Å²) in [6, 6.07) is 5.93.